The standard InChI is InChI=1S/C15H22N4O4S/c1-3-24(20,21)18-7-5-14-12(9-18)15(13-10-23-11-16-13)17-19(14)6-4-8-22-2/h10-11H,3-9H2,1-2H3. The van der Waals surface area contributed by atoms with Crippen molar-refractivity contribution in [3.8, 4) is 11.4 Å². The normalized spacial score (nSPS) is 15.6. The molecule has 0 N–H and O–H groups in total. The number of hydrogen-bond acceptors (Lipinski definition) is 6. The molecule has 3 heterocycles. The van der Waals surface area contributed by atoms with E-state index in [1.165, 1.54) is 17.0 Å². The van der Waals surface area contributed by atoms with Crippen molar-refractivity contribution in [3.05, 3.63) is 23.9 Å². The van der Waals surface area contributed by atoms with Gasteiger partial charge in [-0.1, -0.05) is 0 Å². The Balaban J connectivity index is 1.96. The van der Waals surface area contributed by atoms with Gasteiger partial charge in [0.1, 0.15) is 17.7 Å². The third-order valence-electron chi connectivity index (χ3n) is 4.25. The second-order valence-electron chi connectivity index (χ2n) is 5.70. The van der Waals surface area contributed by atoms with E-state index in [-0.39, 0.29) is 5.75 Å². The van der Waals surface area contributed by atoms with Gasteiger partial charge >= 0.3 is 0 Å². The van der Waals surface area contributed by atoms with Gasteiger partial charge in [-0.25, -0.2) is 13.4 Å². The Kier molecular flexibility index (Phi) is 5.02. The van der Waals surface area contributed by atoms with Crippen LogP contribution in [0.15, 0.2) is 17.1 Å². The Bertz CT molecular complexity index is 783. The summed E-state index contributed by atoms with van der Waals surface area (Å²) in [6, 6.07) is 0. The Morgan fingerprint density at radius 3 is 2.92 bits per heavy atom. The molecule has 0 saturated heterocycles. The lowest BCUT2D eigenvalue weighted by molar-refractivity contribution is 0.188. The van der Waals surface area contributed by atoms with Gasteiger partial charge in [-0.3, -0.25) is 4.68 Å². The minimum absolute atomic E-state index is 0.101. The van der Waals surface area contributed by atoms with Crippen LogP contribution in [0.25, 0.3) is 11.4 Å². The van der Waals surface area contributed by atoms with Gasteiger partial charge in [0.2, 0.25) is 10.0 Å². The predicted molar refractivity (Wildman–Crippen MR) is 87.8 cm³/mol. The number of hydrogen-bond donors (Lipinski definition) is 0. The monoisotopic (exact) mass is 354 g/mol. The molecule has 1 aliphatic rings. The molecule has 2 aromatic rings. The lowest BCUT2D eigenvalue weighted by Gasteiger charge is -2.26. The number of sulfonamides is 1. The fraction of sp³-hybridized carbons (Fsp3) is 0.600. The molecule has 8 nitrogen and oxygen atoms in total. The first-order valence-corrected chi connectivity index (χ1v) is 9.61. The van der Waals surface area contributed by atoms with E-state index in [0.717, 1.165) is 24.2 Å². The summed E-state index contributed by atoms with van der Waals surface area (Å²) < 4.78 is 38.1. The molecule has 0 aromatic carbocycles. The number of methoxy groups -OCH3 is 1. The molecule has 9 heteroatoms. The molecule has 0 spiro atoms. The molecular formula is C15H22N4O4S. The van der Waals surface area contributed by atoms with Crippen molar-refractivity contribution in [1.29, 1.82) is 0 Å². The molecule has 2 aromatic heterocycles. The van der Waals surface area contributed by atoms with E-state index in [2.05, 4.69) is 10.1 Å². The smallest absolute Gasteiger partial charge is 0.214 e. The van der Waals surface area contributed by atoms with Gasteiger partial charge in [-0.15, -0.1) is 0 Å². The summed E-state index contributed by atoms with van der Waals surface area (Å²) in [5.74, 6) is 0.101. The zero-order valence-electron chi connectivity index (χ0n) is 13.9. The van der Waals surface area contributed by atoms with Gasteiger partial charge < -0.3 is 9.15 Å². The van der Waals surface area contributed by atoms with Crippen molar-refractivity contribution in [1.82, 2.24) is 19.1 Å². The molecule has 0 unspecified atom stereocenters. The Labute approximate surface area is 141 Å². The van der Waals surface area contributed by atoms with E-state index in [1.807, 2.05) is 4.68 Å². The molecule has 24 heavy (non-hydrogen) atoms. The van der Waals surface area contributed by atoms with Crippen LogP contribution in [-0.4, -0.2) is 53.5 Å². The topological polar surface area (TPSA) is 90.5 Å². The van der Waals surface area contributed by atoms with E-state index in [4.69, 9.17) is 9.15 Å². The van der Waals surface area contributed by atoms with E-state index >= 15 is 0 Å². The van der Waals surface area contributed by atoms with Gasteiger partial charge in [0.05, 0.1) is 5.75 Å². The maximum absolute atomic E-state index is 12.2. The first kappa shape index (κ1) is 17.1. The van der Waals surface area contributed by atoms with Crippen molar-refractivity contribution in [2.45, 2.75) is 32.9 Å². The molecule has 3 rings (SSSR count). The Morgan fingerprint density at radius 2 is 2.25 bits per heavy atom. The number of nitrogens with zero attached hydrogens (tertiary/aromatic N) is 4. The molecule has 0 atom stereocenters. The number of ether oxygens (including phenoxy) is 1. The molecule has 0 amide bonds. The highest BCUT2D eigenvalue weighted by molar-refractivity contribution is 7.89. The highest BCUT2D eigenvalue weighted by atomic mass is 32.2. The number of aryl methyl sites for hydroxylation is 1. The zero-order valence-corrected chi connectivity index (χ0v) is 14.8. The van der Waals surface area contributed by atoms with Crippen LogP contribution in [0.5, 0.6) is 0 Å². The second-order valence-corrected chi connectivity index (χ2v) is 7.96. The number of oxazole rings is 1. The van der Waals surface area contributed by atoms with Crippen LogP contribution in [0.4, 0.5) is 0 Å². The Hall–Kier alpha value is -1.71. The zero-order chi connectivity index (χ0) is 17.2. The largest absolute Gasteiger partial charge is 0.451 e. The quantitative estimate of drug-likeness (QED) is 0.696. The Morgan fingerprint density at radius 1 is 1.42 bits per heavy atom. The van der Waals surface area contributed by atoms with Crippen LogP contribution in [0, 0.1) is 0 Å². The number of rotatable bonds is 7. The minimum Gasteiger partial charge on any atom is -0.451 e. The fourth-order valence-corrected chi connectivity index (χ4v) is 4.03. The summed E-state index contributed by atoms with van der Waals surface area (Å²) in [5.41, 5.74) is 3.33. The summed E-state index contributed by atoms with van der Waals surface area (Å²) >= 11 is 0. The van der Waals surface area contributed by atoms with Crippen molar-refractivity contribution in [3.63, 3.8) is 0 Å². The summed E-state index contributed by atoms with van der Waals surface area (Å²) in [6.45, 7) is 3.87. The van der Waals surface area contributed by atoms with Gasteiger partial charge in [0, 0.05) is 51.0 Å². The van der Waals surface area contributed by atoms with Gasteiger partial charge in [0.25, 0.3) is 0 Å². The molecule has 0 aliphatic carbocycles. The average Bonchev–Trinajstić information content (AvgIpc) is 3.22. The lowest BCUT2D eigenvalue weighted by atomic mass is 10.1. The predicted octanol–water partition coefficient (Wildman–Crippen LogP) is 1.28. The van der Waals surface area contributed by atoms with Crippen molar-refractivity contribution < 1.29 is 17.6 Å². The molecule has 132 valence electrons. The third-order valence-corrected chi connectivity index (χ3v) is 6.08. The van der Waals surface area contributed by atoms with E-state index in [0.29, 0.717) is 37.5 Å². The highest BCUT2D eigenvalue weighted by Gasteiger charge is 2.31. The summed E-state index contributed by atoms with van der Waals surface area (Å²) in [7, 11) is -1.56. The van der Waals surface area contributed by atoms with Crippen LogP contribution >= 0.6 is 0 Å². The maximum atomic E-state index is 12.2. The molecular weight excluding hydrogens is 332 g/mol. The molecule has 0 bridgehead atoms. The number of aromatic nitrogens is 3. The van der Waals surface area contributed by atoms with Crippen LogP contribution < -0.4 is 0 Å². The highest BCUT2D eigenvalue weighted by Crippen LogP contribution is 2.30. The maximum Gasteiger partial charge on any atom is 0.214 e. The lowest BCUT2D eigenvalue weighted by Crippen LogP contribution is -2.37. The van der Waals surface area contributed by atoms with E-state index in [9.17, 15) is 8.42 Å². The first-order valence-electron chi connectivity index (χ1n) is 8.00. The molecule has 0 saturated carbocycles. The van der Waals surface area contributed by atoms with Crippen LogP contribution in [-0.2, 0) is 34.3 Å². The first-order chi connectivity index (χ1) is 11.6. The molecule has 0 radical (unpaired) electrons. The second kappa shape index (κ2) is 7.04. The minimum atomic E-state index is -3.23. The molecule has 0 fully saturated rings. The van der Waals surface area contributed by atoms with Crippen LogP contribution in [0.1, 0.15) is 24.6 Å². The van der Waals surface area contributed by atoms with Crippen molar-refractivity contribution >= 4 is 10.0 Å². The van der Waals surface area contributed by atoms with Crippen LogP contribution in [0.2, 0.25) is 0 Å². The third kappa shape index (κ3) is 3.24. The van der Waals surface area contributed by atoms with Crippen molar-refractivity contribution in [2.75, 3.05) is 26.0 Å². The van der Waals surface area contributed by atoms with Gasteiger partial charge in [0.15, 0.2) is 6.39 Å². The van der Waals surface area contributed by atoms with Crippen LogP contribution in [0.3, 0.4) is 0 Å². The SMILES string of the molecule is CCS(=O)(=O)N1CCc2c(c(-c3cocn3)nn2CCCOC)C1. The fourth-order valence-electron chi connectivity index (χ4n) is 2.96. The summed E-state index contributed by atoms with van der Waals surface area (Å²) in [6.07, 6.45) is 4.39. The number of fused-ring (bicyclic) bond motifs is 1. The summed E-state index contributed by atoms with van der Waals surface area (Å²) in [4.78, 5) is 4.18. The van der Waals surface area contributed by atoms with Gasteiger partial charge in [-0.2, -0.15) is 9.40 Å². The van der Waals surface area contributed by atoms with Gasteiger partial charge in [-0.05, 0) is 13.3 Å². The average molecular weight is 354 g/mol. The summed E-state index contributed by atoms with van der Waals surface area (Å²) in [5, 5.41) is 4.67. The van der Waals surface area contributed by atoms with E-state index in [1.54, 1.807) is 14.0 Å². The van der Waals surface area contributed by atoms with Crippen molar-refractivity contribution in [2.24, 2.45) is 0 Å². The van der Waals surface area contributed by atoms with E-state index < -0.39 is 10.0 Å². The molecule has 1 aliphatic heterocycles.